The highest BCUT2D eigenvalue weighted by molar-refractivity contribution is 7.91. The van der Waals surface area contributed by atoms with Gasteiger partial charge in [0.15, 0.2) is 0 Å². The van der Waals surface area contributed by atoms with Gasteiger partial charge in [-0.25, -0.2) is 12.8 Å². The fraction of sp³-hybridized carbons (Fsp3) is 0.250. The van der Waals surface area contributed by atoms with Gasteiger partial charge in [0.2, 0.25) is 9.84 Å². The number of hydrogen-bond donors (Lipinski definition) is 1. The first-order valence-corrected chi connectivity index (χ1v) is 8.60. The van der Waals surface area contributed by atoms with Crippen LogP contribution in [0.5, 0.6) is 0 Å². The molecule has 2 aromatic carbocycles. The van der Waals surface area contributed by atoms with E-state index in [1.807, 2.05) is 0 Å². The molecule has 0 bridgehead atoms. The molecule has 0 amide bonds. The fourth-order valence-electron chi connectivity index (χ4n) is 2.85. The van der Waals surface area contributed by atoms with Crippen LogP contribution in [-0.2, 0) is 16.3 Å². The number of aryl methyl sites for hydroxylation is 1. The molecule has 0 aromatic heterocycles. The summed E-state index contributed by atoms with van der Waals surface area (Å²) < 4.78 is 62.4. The third-order valence-corrected chi connectivity index (χ3v) is 5.38. The van der Waals surface area contributed by atoms with Crippen LogP contribution in [0.15, 0.2) is 47.4 Å². The highest BCUT2D eigenvalue weighted by Gasteiger charge is 2.30. The number of halogens is 3. The number of benzene rings is 2. The minimum atomic E-state index is -4.69. The largest absolute Gasteiger partial charge is 0.377 e. The molecule has 0 aliphatic heterocycles. The predicted molar refractivity (Wildman–Crippen MR) is 80.7 cm³/mol. The molecule has 23 heavy (non-hydrogen) atoms. The summed E-state index contributed by atoms with van der Waals surface area (Å²) in [6.45, 7) is 0. The van der Waals surface area contributed by atoms with Crippen LogP contribution in [0.25, 0.3) is 0 Å². The number of rotatable bonds is 4. The Kier molecular flexibility index (Phi) is 4.06. The Bertz CT molecular complexity index is 837. The smallest absolute Gasteiger partial charge is 0.341 e. The van der Waals surface area contributed by atoms with Gasteiger partial charge in [0.05, 0.1) is 16.6 Å². The van der Waals surface area contributed by atoms with E-state index in [-0.39, 0.29) is 17.5 Å². The van der Waals surface area contributed by atoms with E-state index >= 15 is 0 Å². The first-order chi connectivity index (χ1) is 10.9. The predicted octanol–water partition coefficient (Wildman–Crippen LogP) is 3.92. The zero-order valence-electron chi connectivity index (χ0n) is 12.0. The molecular formula is C16H14F3NO2S. The first-order valence-electron chi connectivity index (χ1n) is 7.05. The number of sulfone groups is 1. The Morgan fingerprint density at radius 3 is 2.61 bits per heavy atom. The van der Waals surface area contributed by atoms with E-state index in [2.05, 4.69) is 5.32 Å². The van der Waals surface area contributed by atoms with E-state index in [0.717, 1.165) is 17.2 Å². The van der Waals surface area contributed by atoms with E-state index in [9.17, 15) is 21.6 Å². The first kappa shape index (κ1) is 15.9. The molecule has 0 fully saturated rings. The number of nitrogens with one attached hydrogen (secondary N) is 1. The van der Waals surface area contributed by atoms with Crippen molar-refractivity contribution in [1.82, 2.24) is 0 Å². The number of anilines is 1. The molecule has 0 spiro atoms. The number of para-hydroxylation sites is 1. The maximum Gasteiger partial charge on any atom is 0.341 e. The van der Waals surface area contributed by atoms with Crippen LogP contribution < -0.4 is 5.32 Å². The molecule has 122 valence electrons. The number of hydrogen-bond acceptors (Lipinski definition) is 3. The third kappa shape index (κ3) is 2.93. The molecule has 0 saturated heterocycles. The normalized spacial score (nSPS) is 17.3. The molecule has 1 aliphatic carbocycles. The molecule has 0 radical (unpaired) electrons. The lowest BCUT2D eigenvalue weighted by Gasteiger charge is -2.18. The Labute approximate surface area is 132 Å². The second-order valence-corrected chi connectivity index (χ2v) is 7.27. The van der Waals surface area contributed by atoms with Crippen molar-refractivity contribution in [3.63, 3.8) is 0 Å². The standard InChI is InChI=1S/C16H14F3NO2S/c17-11-6-7-12-10(9-11)5-8-13(12)20-14-3-1-2-4-15(14)23(21,22)16(18)19/h1-4,6-7,9,13,16,20H,5,8H2. The van der Waals surface area contributed by atoms with E-state index in [0.29, 0.717) is 12.8 Å². The van der Waals surface area contributed by atoms with Gasteiger partial charge >= 0.3 is 5.76 Å². The van der Waals surface area contributed by atoms with Crippen molar-refractivity contribution < 1.29 is 21.6 Å². The van der Waals surface area contributed by atoms with Gasteiger partial charge in [-0.2, -0.15) is 8.78 Å². The monoisotopic (exact) mass is 341 g/mol. The SMILES string of the molecule is O=S(=O)(c1ccccc1NC1CCc2cc(F)ccc21)C(F)F. The second-order valence-electron chi connectivity index (χ2n) is 5.38. The van der Waals surface area contributed by atoms with Crippen LogP contribution >= 0.6 is 0 Å². The Morgan fingerprint density at radius 2 is 1.87 bits per heavy atom. The molecule has 0 heterocycles. The molecule has 2 aromatic rings. The van der Waals surface area contributed by atoms with Gasteiger partial charge in [-0.1, -0.05) is 18.2 Å². The summed E-state index contributed by atoms with van der Waals surface area (Å²) in [5.41, 5.74) is 1.84. The van der Waals surface area contributed by atoms with Crippen molar-refractivity contribution >= 4 is 15.5 Å². The maximum absolute atomic E-state index is 13.2. The van der Waals surface area contributed by atoms with Crippen molar-refractivity contribution in [3.05, 3.63) is 59.4 Å². The van der Waals surface area contributed by atoms with Crippen molar-refractivity contribution in [2.24, 2.45) is 0 Å². The minimum absolute atomic E-state index is 0.134. The summed E-state index contributed by atoms with van der Waals surface area (Å²) in [4.78, 5) is -0.425. The second kappa shape index (κ2) is 5.88. The van der Waals surface area contributed by atoms with E-state index in [1.165, 1.54) is 24.3 Å². The zero-order valence-corrected chi connectivity index (χ0v) is 12.8. The fourth-order valence-corrected chi connectivity index (χ4v) is 3.75. The summed E-state index contributed by atoms with van der Waals surface area (Å²) in [6.07, 6.45) is 1.29. The van der Waals surface area contributed by atoms with E-state index < -0.39 is 20.5 Å². The van der Waals surface area contributed by atoms with Crippen molar-refractivity contribution in [2.75, 3.05) is 5.32 Å². The van der Waals surface area contributed by atoms with Crippen LogP contribution in [-0.4, -0.2) is 14.2 Å². The molecule has 1 aliphatic rings. The van der Waals surface area contributed by atoms with E-state index in [4.69, 9.17) is 0 Å². The van der Waals surface area contributed by atoms with Gasteiger partial charge in [-0.05, 0) is 48.2 Å². The minimum Gasteiger partial charge on any atom is -0.377 e. The lowest BCUT2D eigenvalue weighted by Crippen LogP contribution is -2.16. The Morgan fingerprint density at radius 1 is 1.13 bits per heavy atom. The molecule has 7 heteroatoms. The summed E-state index contributed by atoms with van der Waals surface area (Å²) in [6, 6.07) is 9.77. The average molecular weight is 341 g/mol. The molecule has 3 rings (SSSR count). The van der Waals surface area contributed by atoms with Gasteiger partial charge in [-0.3, -0.25) is 0 Å². The van der Waals surface area contributed by atoms with Crippen LogP contribution in [0, 0.1) is 5.82 Å². The van der Waals surface area contributed by atoms with Gasteiger partial charge in [-0.15, -0.1) is 0 Å². The third-order valence-electron chi connectivity index (χ3n) is 3.94. The van der Waals surface area contributed by atoms with E-state index in [1.54, 1.807) is 12.1 Å². The zero-order chi connectivity index (χ0) is 16.6. The van der Waals surface area contributed by atoms with Gasteiger partial charge < -0.3 is 5.32 Å². The molecular weight excluding hydrogens is 327 g/mol. The summed E-state index contributed by atoms with van der Waals surface area (Å²) in [5.74, 6) is -3.81. The van der Waals surface area contributed by atoms with Crippen LogP contribution in [0.3, 0.4) is 0 Å². The quantitative estimate of drug-likeness (QED) is 0.917. The molecule has 3 nitrogen and oxygen atoms in total. The average Bonchev–Trinajstić information content (AvgIpc) is 2.89. The van der Waals surface area contributed by atoms with Gasteiger partial charge in [0.25, 0.3) is 0 Å². The Balaban J connectivity index is 1.95. The summed E-state index contributed by atoms with van der Waals surface area (Å²) >= 11 is 0. The molecule has 0 saturated carbocycles. The van der Waals surface area contributed by atoms with Crippen LogP contribution in [0.2, 0.25) is 0 Å². The maximum atomic E-state index is 13.2. The van der Waals surface area contributed by atoms with Crippen molar-refractivity contribution in [1.29, 1.82) is 0 Å². The number of alkyl halides is 2. The summed E-state index contributed by atoms with van der Waals surface area (Å²) in [7, 11) is -4.69. The van der Waals surface area contributed by atoms with Gasteiger partial charge in [0.1, 0.15) is 5.82 Å². The van der Waals surface area contributed by atoms with Gasteiger partial charge in [0, 0.05) is 0 Å². The highest BCUT2D eigenvalue weighted by atomic mass is 32.2. The topological polar surface area (TPSA) is 46.2 Å². The Hall–Kier alpha value is -2.02. The van der Waals surface area contributed by atoms with Crippen LogP contribution in [0.1, 0.15) is 23.6 Å². The molecule has 1 N–H and O–H groups in total. The highest BCUT2D eigenvalue weighted by Crippen LogP contribution is 2.36. The van der Waals surface area contributed by atoms with Crippen molar-refractivity contribution in [2.45, 2.75) is 29.5 Å². The lowest BCUT2D eigenvalue weighted by molar-refractivity contribution is 0.235. The molecule has 1 atom stereocenters. The number of fused-ring (bicyclic) bond motifs is 1. The van der Waals surface area contributed by atoms with Crippen LogP contribution in [0.4, 0.5) is 18.9 Å². The molecule has 1 unspecified atom stereocenters. The lowest BCUT2D eigenvalue weighted by atomic mass is 10.1. The summed E-state index contributed by atoms with van der Waals surface area (Å²) in [5, 5.41) is 3.01. The van der Waals surface area contributed by atoms with Crippen molar-refractivity contribution in [3.8, 4) is 0 Å².